The van der Waals surface area contributed by atoms with Crippen LogP contribution in [0.3, 0.4) is 0 Å². The molecule has 1 saturated heterocycles. The number of carbonyl (C=O) groups is 2. The van der Waals surface area contributed by atoms with Crippen LogP contribution in [0, 0.1) is 6.92 Å². The maximum Gasteiger partial charge on any atom is 0.305 e. The van der Waals surface area contributed by atoms with Crippen LogP contribution in [0.5, 0.6) is 0 Å². The van der Waals surface area contributed by atoms with Gasteiger partial charge < -0.3 is 10.4 Å². The molecular formula is C16H20N2O3. The first-order valence-corrected chi connectivity index (χ1v) is 7.41. The van der Waals surface area contributed by atoms with E-state index in [4.69, 9.17) is 5.11 Å². The van der Waals surface area contributed by atoms with Crippen molar-refractivity contribution < 1.29 is 14.7 Å². The van der Waals surface area contributed by atoms with E-state index >= 15 is 0 Å². The summed E-state index contributed by atoms with van der Waals surface area (Å²) in [5.41, 5.74) is 3.79. The Labute approximate surface area is 123 Å². The van der Waals surface area contributed by atoms with Gasteiger partial charge in [-0.1, -0.05) is 23.8 Å². The molecule has 5 nitrogen and oxygen atoms in total. The largest absolute Gasteiger partial charge is 0.481 e. The number of hydrogen-bond donors (Lipinski definition) is 2. The first-order chi connectivity index (χ1) is 10.1. The van der Waals surface area contributed by atoms with E-state index in [1.165, 1.54) is 16.7 Å². The number of piperazine rings is 1. The molecule has 1 heterocycles. The van der Waals surface area contributed by atoms with E-state index < -0.39 is 12.0 Å². The number of rotatable bonds is 3. The van der Waals surface area contributed by atoms with Crippen LogP contribution in [0.4, 0.5) is 0 Å². The van der Waals surface area contributed by atoms with Gasteiger partial charge in [0.15, 0.2) is 0 Å². The number of amides is 1. The number of fused-ring (bicyclic) bond motifs is 1. The van der Waals surface area contributed by atoms with Gasteiger partial charge in [0.1, 0.15) is 6.04 Å². The fourth-order valence-corrected chi connectivity index (χ4v) is 3.53. The van der Waals surface area contributed by atoms with E-state index in [0.717, 1.165) is 12.8 Å². The van der Waals surface area contributed by atoms with E-state index in [1.807, 2.05) is 0 Å². The molecule has 0 spiro atoms. The van der Waals surface area contributed by atoms with Crippen LogP contribution in [0.25, 0.3) is 0 Å². The SMILES string of the molecule is Cc1ccc2c(c1)C(N1CCNC(=O)C1CC(=O)O)CC2. The molecule has 1 aromatic carbocycles. The number of nitrogens with one attached hydrogen (secondary N) is 1. The Balaban J connectivity index is 1.90. The minimum atomic E-state index is -0.926. The topological polar surface area (TPSA) is 69.6 Å². The van der Waals surface area contributed by atoms with Crippen LogP contribution in [0.1, 0.15) is 35.6 Å². The number of carboxylic acids is 1. The van der Waals surface area contributed by atoms with E-state index in [-0.39, 0.29) is 18.4 Å². The summed E-state index contributed by atoms with van der Waals surface area (Å²) in [5.74, 6) is -1.09. The molecule has 1 aliphatic carbocycles. The summed E-state index contributed by atoms with van der Waals surface area (Å²) >= 11 is 0. The lowest BCUT2D eigenvalue weighted by molar-refractivity contribution is -0.144. The standard InChI is InChI=1S/C16H20N2O3/c1-10-2-3-11-4-5-13(12(11)8-10)18-7-6-17-16(21)14(18)9-15(19)20/h2-3,8,13-14H,4-7,9H2,1H3,(H,17,21)(H,19,20). The Morgan fingerprint density at radius 1 is 1.48 bits per heavy atom. The van der Waals surface area contributed by atoms with Gasteiger partial charge in [0, 0.05) is 19.1 Å². The van der Waals surface area contributed by atoms with E-state index in [2.05, 4.69) is 35.3 Å². The summed E-state index contributed by atoms with van der Waals surface area (Å²) in [7, 11) is 0. The third-order valence-electron chi connectivity index (χ3n) is 4.49. The van der Waals surface area contributed by atoms with E-state index in [0.29, 0.717) is 13.1 Å². The van der Waals surface area contributed by atoms with Crippen molar-refractivity contribution in [3.05, 3.63) is 34.9 Å². The van der Waals surface area contributed by atoms with Gasteiger partial charge in [0.2, 0.25) is 5.91 Å². The molecule has 1 fully saturated rings. The molecule has 3 rings (SSSR count). The number of nitrogens with zero attached hydrogens (tertiary/aromatic N) is 1. The molecule has 0 aromatic heterocycles. The minimum Gasteiger partial charge on any atom is -0.481 e. The molecule has 1 amide bonds. The van der Waals surface area contributed by atoms with Crippen molar-refractivity contribution in [2.24, 2.45) is 0 Å². The maximum atomic E-state index is 12.1. The van der Waals surface area contributed by atoms with Crippen molar-refractivity contribution in [3.63, 3.8) is 0 Å². The van der Waals surface area contributed by atoms with Crippen LogP contribution >= 0.6 is 0 Å². The molecule has 0 saturated carbocycles. The number of carbonyl (C=O) groups excluding carboxylic acids is 1. The second kappa shape index (κ2) is 5.48. The fraction of sp³-hybridized carbons (Fsp3) is 0.500. The van der Waals surface area contributed by atoms with Crippen molar-refractivity contribution >= 4 is 11.9 Å². The lowest BCUT2D eigenvalue weighted by Gasteiger charge is -2.38. The molecule has 2 N–H and O–H groups in total. The van der Waals surface area contributed by atoms with Crippen LogP contribution in [-0.4, -0.2) is 41.0 Å². The van der Waals surface area contributed by atoms with Gasteiger partial charge >= 0.3 is 5.97 Å². The highest BCUT2D eigenvalue weighted by atomic mass is 16.4. The van der Waals surface area contributed by atoms with Crippen LogP contribution in [0.2, 0.25) is 0 Å². The molecule has 2 unspecified atom stereocenters. The lowest BCUT2D eigenvalue weighted by atomic mass is 10.00. The predicted octanol–water partition coefficient (Wildman–Crippen LogP) is 1.26. The molecule has 1 aliphatic heterocycles. The predicted molar refractivity (Wildman–Crippen MR) is 78.0 cm³/mol. The molecule has 1 aromatic rings. The first kappa shape index (κ1) is 14.1. The molecule has 112 valence electrons. The monoisotopic (exact) mass is 288 g/mol. The van der Waals surface area contributed by atoms with Gasteiger partial charge in [-0.25, -0.2) is 0 Å². The molecule has 2 atom stereocenters. The number of benzene rings is 1. The summed E-state index contributed by atoms with van der Waals surface area (Å²) in [4.78, 5) is 25.2. The Kier molecular flexibility index (Phi) is 3.68. The smallest absolute Gasteiger partial charge is 0.305 e. The summed E-state index contributed by atoms with van der Waals surface area (Å²) in [6, 6.07) is 6.04. The van der Waals surface area contributed by atoms with E-state index in [9.17, 15) is 9.59 Å². The Bertz CT molecular complexity index is 585. The van der Waals surface area contributed by atoms with Gasteiger partial charge in [0.25, 0.3) is 0 Å². The lowest BCUT2D eigenvalue weighted by Crippen LogP contribution is -2.56. The highest BCUT2D eigenvalue weighted by Crippen LogP contribution is 2.38. The maximum absolute atomic E-state index is 12.1. The number of hydrogen-bond acceptors (Lipinski definition) is 3. The highest BCUT2D eigenvalue weighted by molar-refractivity contribution is 5.86. The number of carboxylic acid groups (broad SMARTS) is 1. The van der Waals surface area contributed by atoms with Crippen LogP contribution in [-0.2, 0) is 16.0 Å². The summed E-state index contributed by atoms with van der Waals surface area (Å²) < 4.78 is 0. The second-order valence-electron chi connectivity index (χ2n) is 5.90. The number of aryl methyl sites for hydroxylation is 2. The average Bonchev–Trinajstić information content (AvgIpc) is 2.83. The van der Waals surface area contributed by atoms with Crippen molar-refractivity contribution in [2.75, 3.05) is 13.1 Å². The molecule has 2 aliphatic rings. The van der Waals surface area contributed by atoms with Gasteiger partial charge in [-0.2, -0.15) is 0 Å². The van der Waals surface area contributed by atoms with Gasteiger partial charge in [-0.15, -0.1) is 0 Å². The fourth-order valence-electron chi connectivity index (χ4n) is 3.53. The van der Waals surface area contributed by atoms with Crippen molar-refractivity contribution in [1.82, 2.24) is 10.2 Å². The molecule has 21 heavy (non-hydrogen) atoms. The van der Waals surface area contributed by atoms with Crippen molar-refractivity contribution in [1.29, 1.82) is 0 Å². The zero-order chi connectivity index (χ0) is 15.0. The van der Waals surface area contributed by atoms with Gasteiger partial charge in [-0.3, -0.25) is 14.5 Å². The summed E-state index contributed by atoms with van der Waals surface area (Å²) in [5, 5.41) is 11.9. The first-order valence-electron chi connectivity index (χ1n) is 7.41. The van der Waals surface area contributed by atoms with Crippen molar-refractivity contribution in [3.8, 4) is 0 Å². The highest BCUT2D eigenvalue weighted by Gasteiger charge is 2.38. The second-order valence-corrected chi connectivity index (χ2v) is 5.90. The molecule has 0 radical (unpaired) electrons. The molecular weight excluding hydrogens is 268 g/mol. The summed E-state index contributed by atoms with van der Waals surface area (Å²) in [6.07, 6.45) is 1.82. The third-order valence-corrected chi connectivity index (χ3v) is 4.49. The van der Waals surface area contributed by atoms with Gasteiger partial charge in [-0.05, 0) is 30.9 Å². The normalized spacial score (nSPS) is 25.5. The Morgan fingerprint density at radius 3 is 3.05 bits per heavy atom. The van der Waals surface area contributed by atoms with Gasteiger partial charge in [0.05, 0.1) is 6.42 Å². The van der Waals surface area contributed by atoms with Crippen LogP contribution in [0.15, 0.2) is 18.2 Å². The Morgan fingerprint density at radius 2 is 2.29 bits per heavy atom. The molecule has 5 heteroatoms. The molecule has 0 bridgehead atoms. The quantitative estimate of drug-likeness (QED) is 0.878. The zero-order valence-electron chi connectivity index (χ0n) is 12.1. The zero-order valence-corrected chi connectivity index (χ0v) is 12.1. The van der Waals surface area contributed by atoms with Crippen molar-refractivity contribution in [2.45, 2.75) is 38.3 Å². The van der Waals surface area contributed by atoms with E-state index in [1.54, 1.807) is 0 Å². The summed E-state index contributed by atoms with van der Waals surface area (Å²) in [6.45, 7) is 3.36. The minimum absolute atomic E-state index is 0.135. The number of aliphatic carboxylic acids is 1. The van der Waals surface area contributed by atoms with Crippen LogP contribution < -0.4 is 5.32 Å². The third kappa shape index (κ3) is 2.65. The average molecular weight is 288 g/mol. The Hall–Kier alpha value is -1.88.